The Kier molecular flexibility index (Phi) is 5.13. The smallest absolute Gasteiger partial charge is 0.261 e. The molecule has 1 atom stereocenters. The molecule has 1 N–H and O–H groups in total. The van der Waals surface area contributed by atoms with E-state index in [1.807, 2.05) is 59.5 Å². The van der Waals surface area contributed by atoms with E-state index in [1.165, 1.54) is 11.3 Å². The highest BCUT2D eigenvalue weighted by atomic mass is 32.1. The van der Waals surface area contributed by atoms with E-state index in [0.29, 0.717) is 6.54 Å². The van der Waals surface area contributed by atoms with Crippen LogP contribution in [0, 0.1) is 0 Å². The van der Waals surface area contributed by atoms with E-state index in [-0.39, 0.29) is 12.0 Å². The minimum Gasteiger partial charge on any atom is -0.373 e. The number of aromatic nitrogens is 2. The summed E-state index contributed by atoms with van der Waals surface area (Å²) in [5, 5.41) is 7.38. The van der Waals surface area contributed by atoms with Crippen molar-refractivity contribution < 1.29 is 9.53 Å². The number of rotatable bonds is 6. The van der Waals surface area contributed by atoms with Gasteiger partial charge in [0, 0.05) is 24.2 Å². The first-order chi connectivity index (χ1) is 12.8. The number of carbonyl (C=O) groups excluding carboxylic acids is 1. The molecule has 3 heterocycles. The van der Waals surface area contributed by atoms with Gasteiger partial charge in [0.25, 0.3) is 5.91 Å². The molecule has 134 valence electrons. The largest absolute Gasteiger partial charge is 0.373 e. The molecule has 1 fully saturated rings. The van der Waals surface area contributed by atoms with Crippen molar-refractivity contribution in [2.24, 2.45) is 0 Å². The second-order valence-corrected chi connectivity index (χ2v) is 7.45. The maximum atomic E-state index is 12.3. The molecule has 1 aromatic carbocycles. The van der Waals surface area contributed by atoms with Gasteiger partial charge in [-0.1, -0.05) is 18.2 Å². The van der Waals surface area contributed by atoms with E-state index in [4.69, 9.17) is 4.74 Å². The Labute approximate surface area is 156 Å². The zero-order valence-electron chi connectivity index (χ0n) is 14.4. The van der Waals surface area contributed by atoms with Crippen molar-refractivity contribution in [1.29, 1.82) is 0 Å². The fourth-order valence-corrected chi connectivity index (χ4v) is 4.08. The Morgan fingerprint density at radius 1 is 1.27 bits per heavy atom. The normalized spacial score (nSPS) is 16.7. The van der Waals surface area contributed by atoms with Crippen LogP contribution in [0.5, 0.6) is 0 Å². The summed E-state index contributed by atoms with van der Waals surface area (Å²) in [4.78, 5) is 14.2. The molecule has 1 aliphatic rings. The van der Waals surface area contributed by atoms with Crippen molar-refractivity contribution in [3.63, 3.8) is 0 Å². The molecule has 2 aromatic heterocycles. The summed E-state index contributed by atoms with van der Waals surface area (Å²) >= 11 is 1.53. The maximum Gasteiger partial charge on any atom is 0.261 e. The van der Waals surface area contributed by atoms with Gasteiger partial charge in [0.2, 0.25) is 0 Å². The van der Waals surface area contributed by atoms with E-state index < -0.39 is 0 Å². The number of para-hydroxylation sites is 1. The third kappa shape index (κ3) is 3.86. The second-order valence-electron chi connectivity index (χ2n) is 6.34. The molecule has 1 amide bonds. The van der Waals surface area contributed by atoms with Crippen LogP contribution in [0.1, 0.15) is 39.1 Å². The summed E-state index contributed by atoms with van der Waals surface area (Å²) in [7, 11) is 0. The van der Waals surface area contributed by atoms with Crippen LogP contribution in [0.3, 0.4) is 0 Å². The highest BCUT2D eigenvalue weighted by Gasteiger charge is 2.20. The molecule has 1 saturated heterocycles. The maximum absolute atomic E-state index is 12.3. The van der Waals surface area contributed by atoms with E-state index in [1.54, 1.807) is 0 Å². The van der Waals surface area contributed by atoms with E-state index in [2.05, 4.69) is 10.4 Å². The first kappa shape index (κ1) is 17.0. The highest BCUT2D eigenvalue weighted by Crippen LogP contribution is 2.33. The van der Waals surface area contributed by atoms with Gasteiger partial charge < -0.3 is 10.1 Å². The predicted molar refractivity (Wildman–Crippen MR) is 102 cm³/mol. The fraction of sp³-hybridized carbons (Fsp3) is 0.300. The Balaban J connectivity index is 1.29. The SMILES string of the molecule is O=C(NCCc1cnn(-c2ccccc2)c1)c1ccc(C2CCCO2)s1. The predicted octanol–water partition coefficient (Wildman–Crippen LogP) is 3.76. The molecule has 1 aliphatic heterocycles. The lowest BCUT2D eigenvalue weighted by Gasteiger charge is -2.05. The standard InChI is InChI=1S/C20H21N3O2S/c24-20(19-9-8-18(26-19)17-7-4-12-25-17)21-11-10-15-13-22-23(14-15)16-5-2-1-3-6-16/h1-3,5-6,8-9,13-14,17H,4,7,10-12H2,(H,21,24). The topological polar surface area (TPSA) is 56.2 Å². The van der Waals surface area contributed by atoms with Crippen LogP contribution in [0.4, 0.5) is 0 Å². The molecule has 0 radical (unpaired) electrons. The average Bonchev–Trinajstić information content (AvgIpc) is 3.42. The average molecular weight is 367 g/mol. The van der Waals surface area contributed by atoms with Crippen LogP contribution in [0.15, 0.2) is 54.9 Å². The van der Waals surface area contributed by atoms with Gasteiger partial charge in [-0.3, -0.25) is 4.79 Å². The van der Waals surface area contributed by atoms with Crippen molar-refractivity contribution in [2.45, 2.75) is 25.4 Å². The second kappa shape index (κ2) is 7.85. The molecule has 0 aliphatic carbocycles. The molecule has 0 spiro atoms. The van der Waals surface area contributed by atoms with Gasteiger partial charge in [-0.2, -0.15) is 5.10 Å². The molecule has 5 nitrogen and oxygen atoms in total. The number of ether oxygens (including phenoxy) is 1. The molecular weight excluding hydrogens is 346 g/mol. The van der Waals surface area contributed by atoms with Crippen molar-refractivity contribution in [3.05, 3.63) is 70.2 Å². The lowest BCUT2D eigenvalue weighted by atomic mass is 10.2. The summed E-state index contributed by atoms with van der Waals surface area (Å²) in [5.74, 6) is -0.0188. The van der Waals surface area contributed by atoms with E-state index in [0.717, 1.165) is 46.9 Å². The molecule has 6 heteroatoms. The molecule has 0 bridgehead atoms. The number of amides is 1. The highest BCUT2D eigenvalue weighted by molar-refractivity contribution is 7.14. The summed E-state index contributed by atoms with van der Waals surface area (Å²) < 4.78 is 7.53. The Hall–Kier alpha value is -2.44. The summed E-state index contributed by atoms with van der Waals surface area (Å²) in [6.07, 6.45) is 6.92. The van der Waals surface area contributed by atoms with Crippen molar-refractivity contribution in [3.8, 4) is 5.69 Å². The Bertz CT molecular complexity index is 866. The third-order valence-electron chi connectivity index (χ3n) is 4.45. The molecule has 1 unspecified atom stereocenters. The van der Waals surface area contributed by atoms with Gasteiger partial charge in [-0.25, -0.2) is 4.68 Å². The van der Waals surface area contributed by atoms with Gasteiger partial charge in [0.1, 0.15) is 0 Å². The first-order valence-corrected chi connectivity index (χ1v) is 9.70. The summed E-state index contributed by atoms with van der Waals surface area (Å²) in [6, 6.07) is 13.9. The van der Waals surface area contributed by atoms with Crippen LogP contribution in [0.2, 0.25) is 0 Å². The number of thiophene rings is 1. The number of benzene rings is 1. The fourth-order valence-electron chi connectivity index (χ4n) is 3.07. The minimum atomic E-state index is -0.0188. The first-order valence-electron chi connectivity index (χ1n) is 8.88. The Morgan fingerprint density at radius 2 is 2.15 bits per heavy atom. The molecular formula is C20H21N3O2S. The third-order valence-corrected chi connectivity index (χ3v) is 5.63. The summed E-state index contributed by atoms with van der Waals surface area (Å²) in [6.45, 7) is 1.41. The van der Waals surface area contributed by atoms with Crippen LogP contribution < -0.4 is 5.32 Å². The summed E-state index contributed by atoms with van der Waals surface area (Å²) in [5.41, 5.74) is 2.13. The van der Waals surface area contributed by atoms with Crippen LogP contribution in [-0.4, -0.2) is 28.8 Å². The zero-order valence-corrected chi connectivity index (χ0v) is 15.2. The van der Waals surface area contributed by atoms with Crippen molar-refractivity contribution in [1.82, 2.24) is 15.1 Å². The van der Waals surface area contributed by atoms with Crippen LogP contribution >= 0.6 is 11.3 Å². The van der Waals surface area contributed by atoms with E-state index in [9.17, 15) is 4.79 Å². The lowest BCUT2D eigenvalue weighted by molar-refractivity contribution is 0.0958. The van der Waals surface area contributed by atoms with E-state index >= 15 is 0 Å². The van der Waals surface area contributed by atoms with Gasteiger partial charge in [-0.05, 0) is 49.1 Å². The monoisotopic (exact) mass is 367 g/mol. The van der Waals surface area contributed by atoms with Gasteiger partial charge in [0.05, 0.1) is 22.9 Å². The van der Waals surface area contributed by atoms with Crippen LogP contribution in [0.25, 0.3) is 5.69 Å². The number of hydrogen-bond acceptors (Lipinski definition) is 4. The number of carbonyl (C=O) groups is 1. The molecule has 0 saturated carbocycles. The number of nitrogens with one attached hydrogen (secondary N) is 1. The molecule has 4 rings (SSSR count). The van der Waals surface area contributed by atoms with Gasteiger partial charge >= 0.3 is 0 Å². The lowest BCUT2D eigenvalue weighted by Crippen LogP contribution is -2.24. The minimum absolute atomic E-state index is 0.0188. The molecule has 26 heavy (non-hydrogen) atoms. The number of hydrogen-bond donors (Lipinski definition) is 1. The Morgan fingerprint density at radius 3 is 2.96 bits per heavy atom. The quantitative estimate of drug-likeness (QED) is 0.722. The zero-order chi connectivity index (χ0) is 17.8. The van der Waals surface area contributed by atoms with Crippen molar-refractivity contribution >= 4 is 17.2 Å². The van der Waals surface area contributed by atoms with Crippen molar-refractivity contribution in [2.75, 3.05) is 13.2 Å². The number of nitrogens with zero attached hydrogens (tertiary/aromatic N) is 2. The molecule has 3 aromatic rings. The van der Waals surface area contributed by atoms with Crippen LogP contribution in [-0.2, 0) is 11.2 Å². The van der Waals surface area contributed by atoms with Gasteiger partial charge in [-0.15, -0.1) is 11.3 Å². The van der Waals surface area contributed by atoms with Gasteiger partial charge in [0.15, 0.2) is 0 Å².